The summed E-state index contributed by atoms with van der Waals surface area (Å²) in [6, 6.07) is 0. The van der Waals surface area contributed by atoms with Crippen LogP contribution in [-0.2, 0) is 23.9 Å². The molecule has 0 bridgehead atoms. The van der Waals surface area contributed by atoms with Crippen molar-refractivity contribution in [3.05, 3.63) is 22.3 Å². The second kappa shape index (κ2) is 6.24. The van der Waals surface area contributed by atoms with Crippen molar-refractivity contribution in [3.8, 4) is 0 Å². The van der Waals surface area contributed by atoms with Crippen molar-refractivity contribution in [2.75, 3.05) is 14.2 Å². The quantitative estimate of drug-likeness (QED) is 0.726. The van der Waals surface area contributed by atoms with Crippen LogP contribution in [0.4, 0.5) is 0 Å². The minimum absolute atomic E-state index is 0.0454. The zero-order valence-electron chi connectivity index (χ0n) is 12.7. The van der Waals surface area contributed by atoms with Gasteiger partial charge in [0.25, 0.3) is 0 Å². The van der Waals surface area contributed by atoms with Crippen LogP contribution in [0.25, 0.3) is 0 Å². The molecule has 21 heavy (non-hydrogen) atoms. The molecule has 114 valence electrons. The molecular weight excluding hydrogens is 272 g/mol. The lowest BCUT2D eigenvalue weighted by Crippen LogP contribution is -2.21. The predicted molar refractivity (Wildman–Crippen MR) is 75.3 cm³/mol. The Labute approximate surface area is 124 Å². The zero-order chi connectivity index (χ0) is 15.6. The SMILES string of the molecule is COC(=O)C1=C(C(=O)OC)CC(C(C)=O)=C(CC2CC2)C1. The van der Waals surface area contributed by atoms with Crippen molar-refractivity contribution in [1.29, 1.82) is 0 Å². The van der Waals surface area contributed by atoms with Crippen LogP contribution in [0, 0.1) is 5.92 Å². The molecule has 5 heteroatoms. The Hall–Kier alpha value is -1.91. The molecule has 0 unspecified atom stereocenters. The fraction of sp³-hybridized carbons (Fsp3) is 0.562. The number of rotatable bonds is 5. The van der Waals surface area contributed by atoms with E-state index in [1.807, 2.05) is 0 Å². The fourth-order valence-corrected chi connectivity index (χ4v) is 2.71. The minimum Gasteiger partial charge on any atom is -0.466 e. The van der Waals surface area contributed by atoms with Gasteiger partial charge in [-0.2, -0.15) is 0 Å². The number of hydrogen-bond acceptors (Lipinski definition) is 5. The number of hydrogen-bond donors (Lipinski definition) is 0. The lowest BCUT2D eigenvalue weighted by atomic mass is 9.82. The minimum atomic E-state index is -0.570. The van der Waals surface area contributed by atoms with E-state index >= 15 is 0 Å². The first-order chi connectivity index (χ1) is 9.97. The summed E-state index contributed by atoms with van der Waals surface area (Å²) in [7, 11) is 2.55. The molecule has 0 amide bonds. The van der Waals surface area contributed by atoms with Crippen molar-refractivity contribution < 1.29 is 23.9 Å². The number of carbonyl (C=O) groups excluding carboxylic acids is 3. The van der Waals surface area contributed by atoms with Crippen LogP contribution in [-0.4, -0.2) is 31.9 Å². The van der Waals surface area contributed by atoms with Crippen molar-refractivity contribution >= 4 is 17.7 Å². The Morgan fingerprint density at radius 3 is 1.90 bits per heavy atom. The monoisotopic (exact) mass is 292 g/mol. The predicted octanol–water partition coefficient (Wildman–Crippen LogP) is 2.11. The second-order valence-electron chi connectivity index (χ2n) is 5.58. The molecule has 2 aliphatic rings. The first kappa shape index (κ1) is 15.5. The van der Waals surface area contributed by atoms with Gasteiger partial charge in [-0.1, -0.05) is 5.57 Å². The van der Waals surface area contributed by atoms with Gasteiger partial charge in [0.1, 0.15) is 0 Å². The molecule has 0 N–H and O–H groups in total. The largest absolute Gasteiger partial charge is 0.466 e. The van der Waals surface area contributed by atoms with Gasteiger partial charge in [-0.3, -0.25) is 4.79 Å². The summed E-state index contributed by atoms with van der Waals surface area (Å²) in [5.41, 5.74) is 2.19. The molecule has 0 spiro atoms. The summed E-state index contributed by atoms with van der Waals surface area (Å²) in [5.74, 6) is -0.533. The average molecular weight is 292 g/mol. The molecular formula is C16H20O5. The Morgan fingerprint density at radius 1 is 0.952 bits per heavy atom. The van der Waals surface area contributed by atoms with E-state index in [0.717, 1.165) is 24.8 Å². The standard InChI is InChI=1S/C16H20O5/c1-9(17)12-8-14(16(19)21-3)13(15(18)20-2)7-11(12)6-10-4-5-10/h10H,4-8H2,1-3H3. The number of ketones is 1. The summed E-state index contributed by atoms with van der Waals surface area (Å²) in [4.78, 5) is 35.7. The molecule has 1 saturated carbocycles. The molecule has 0 aromatic heterocycles. The van der Waals surface area contributed by atoms with Gasteiger partial charge in [-0.15, -0.1) is 0 Å². The van der Waals surface area contributed by atoms with Crippen molar-refractivity contribution in [3.63, 3.8) is 0 Å². The molecule has 0 heterocycles. The molecule has 0 aromatic carbocycles. The molecule has 2 aliphatic carbocycles. The molecule has 0 saturated heterocycles. The molecule has 0 aliphatic heterocycles. The van der Waals surface area contributed by atoms with Gasteiger partial charge in [-0.25, -0.2) is 9.59 Å². The van der Waals surface area contributed by atoms with E-state index in [-0.39, 0.29) is 17.8 Å². The van der Waals surface area contributed by atoms with E-state index in [4.69, 9.17) is 9.47 Å². The summed E-state index contributed by atoms with van der Waals surface area (Å²) in [5, 5.41) is 0. The van der Waals surface area contributed by atoms with Crippen molar-refractivity contribution in [2.45, 2.75) is 39.0 Å². The third kappa shape index (κ3) is 3.40. The highest BCUT2D eigenvalue weighted by Gasteiger charge is 2.33. The molecule has 0 atom stereocenters. The Balaban J connectivity index is 2.36. The molecule has 0 aromatic rings. The molecule has 0 radical (unpaired) electrons. The van der Waals surface area contributed by atoms with E-state index in [9.17, 15) is 14.4 Å². The Bertz CT molecular complexity index is 549. The molecule has 1 fully saturated rings. The Kier molecular flexibility index (Phi) is 4.60. The Morgan fingerprint density at radius 2 is 1.48 bits per heavy atom. The van der Waals surface area contributed by atoms with E-state index < -0.39 is 11.9 Å². The normalized spacial score (nSPS) is 18.6. The van der Waals surface area contributed by atoms with E-state index in [0.29, 0.717) is 23.5 Å². The first-order valence-electron chi connectivity index (χ1n) is 7.08. The van der Waals surface area contributed by atoms with E-state index in [1.165, 1.54) is 21.1 Å². The van der Waals surface area contributed by atoms with Gasteiger partial charge in [-0.05, 0) is 37.7 Å². The summed E-state index contributed by atoms with van der Waals surface area (Å²) in [6.07, 6.45) is 3.62. The topological polar surface area (TPSA) is 69.7 Å². The number of esters is 2. The summed E-state index contributed by atoms with van der Waals surface area (Å²) < 4.78 is 9.50. The fourth-order valence-electron chi connectivity index (χ4n) is 2.71. The highest BCUT2D eigenvalue weighted by atomic mass is 16.5. The van der Waals surface area contributed by atoms with E-state index in [2.05, 4.69) is 0 Å². The van der Waals surface area contributed by atoms with Crippen LogP contribution in [0.5, 0.6) is 0 Å². The van der Waals surface area contributed by atoms with Gasteiger partial charge in [0.15, 0.2) is 5.78 Å². The van der Waals surface area contributed by atoms with Crippen LogP contribution in [0.1, 0.15) is 39.0 Å². The molecule has 2 rings (SSSR count). The number of allylic oxidation sites excluding steroid dienone is 2. The van der Waals surface area contributed by atoms with Crippen LogP contribution in [0.3, 0.4) is 0 Å². The number of Topliss-reactive ketones (excluding diaryl/α,β-unsaturated/α-hetero) is 1. The average Bonchev–Trinajstić information content (AvgIpc) is 3.28. The lowest BCUT2D eigenvalue weighted by Gasteiger charge is -2.22. The van der Waals surface area contributed by atoms with Crippen molar-refractivity contribution in [1.82, 2.24) is 0 Å². The highest BCUT2D eigenvalue weighted by molar-refractivity contribution is 6.05. The number of methoxy groups -OCH3 is 2. The van der Waals surface area contributed by atoms with Crippen molar-refractivity contribution in [2.24, 2.45) is 5.92 Å². The smallest absolute Gasteiger partial charge is 0.334 e. The third-order valence-corrected chi connectivity index (χ3v) is 4.06. The lowest BCUT2D eigenvalue weighted by molar-refractivity contribution is -0.139. The summed E-state index contributed by atoms with van der Waals surface area (Å²) in [6.45, 7) is 1.50. The maximum absolute atomic E-state index is 11.9. The zero-order valence-corrected chi connectivity index (χ0v) is 12.7. The molecule has 5 nitrogen and oxygen atoms in total. The third-order valence-electron chi connectivity index (χ3n) is 4.06. The van der Waals surface area contributed by atoms with Gasteiger partial charge in [0.05, 0.1) is 25.4 Å². The van der Waals surface area contributed by atoms with Crippen LogP contribution in [0.15, 0.2) is 22.3 Å². The van der Waals surface area contributed by atoms with E-state index in [1.54, 1.807) is 0 Å². The highest BCUT2D eigenvalue weighted by Crippen LogP contribution is 2.41. The van der Waals surface area contributed by atoms with Gasteiger partial charge in [0, 0.05) is 12.8 Å². The van der Waals surface area contributed by atoms with Crippen LogP contribution in [0.2, 0.25) is 0 Å². The first-order valence-corrected chi connectivity index (χ1v) is 7.08. The van der Waals surface area contributed by atoms with Gasteiger partial charge in [0.2, 0.25) is 0 Å². The number of carbonyl (C=O) groups is 3. The number of ether oxygens (including phenoxy) is 2. The maximum Gasteiger partial charge on any atom is 0.334 e. The van der Waals surface area contributed by atoms with Gasteiger partial charge >= 0.3 is 11.9 Å². The summed E-state index contributed by atoms with van der Waals surface area (Å²) >= 11 is 0. The van der Waals surface area contributed by atoms with Gasteiger partial charge < -0.3 is 9.47 Å². The van der Waals surface area contributed by atoms with Crippen LogP contribution >= 0.6 is 0 Å². The van der Waals surface area contributed by atoms with Crippen LogP contribution < -0.4 is 0 Å². The maximum atomic E-state index is 11.9. The second-order valence-corrected chi connectivity index (χ2v) is 5.58.